The van der Waals surface area contributed by atoms with E-state index in [2.05, 4.69) is 15.6 Å². The third-order valence-electron chi connectivity index (χ3n) is 3.82. The molecule has 1 fully saturated rings. The fourth-order valence-corrected chi connectivity index (χ4v) is 2.69. The first-order valence-corrected chi connectivity index (χ1v) is 7.17. The Morgan fingerprint density at radius 1 is 1.32 bits per heavy atom. The van der Waals surface area contributed by atoms with E-state index in [0.29, 0.717) is 31.5 Å². The van der Waals surface area contributed by atoms with Gasteiger partial charge < -0.3 is 15.5 Å². The predicted molar refractivity (Wildman–Crippen MR) is 71.4 cm³/mol. The van der Waals surface area contributed by atoms with Crippen molar-refractivity contribution in [1.82, 2.24) is 20.3 Å². The van der Waals surface area contributed by atoms with Crippen LogP contribution in [0.15, 0.2) is 6.20 Å². The van der Waals surface area contributed by atoms with E-state index >= 15 is 0 Å². The number of aliphatic hydroxyl groups excluding tert-OH is 2. The lowest BCUT2D eigenvalue weighted by Gasteiger charge is -2.30. The first-order valence-electron chi connectivity index (χ1n) is 7.17. The van der Waals surface area contributed by atoms with E-state index < -0.39 is 0 Å². The molecule has 6 nitrogen and oxygen atoms in total. The number of rotatable bonds is 7. The van der Waals surface area contributed by atoms with Gasteiger partial charge in [-0.25, -0.2) is 0 Å². The molecule has 1 aliphatic carbocycles. The zero-order valence-corrected chi connectivity index (χ0v) is 11.3. The van der Waals surface area contributed by atoms with Crippen LogP contribution in [0, 0.1) is 5.92 Å². The van der Waals surface area contributed by atoms with E-state index in [1.165, 1.54) is 12.8 Å². The number of hydrogen-bond acceptors (Lipinski definition) is 5. The van der Waals surface area contributed by atoms with Crippen molar-refractivity contribution in [3.8, 4) is 0 Å². The zero-order valence-electron chi connectivity index (χ0n) is 11.3. The fourth-order valence-electron chi connectivity index (χ4n) is 2.69. The summed E-state index contributed by atoms with van der Waals surface area (Å²) in [5.74, 6) is 0.373. The Balaban J connectivity index is 1.79. The molecule has 0 radical (unpaired) electrons. The van der Waals surface area contributed by atoms with E-state index in [1.807, 2.05) is 6.20 Å². The van der Waals surface area contributed by atoms with Crippen LogP contribution < -0.4 is 5.32 Å². The summed E-state index contributed by atoms with van der Waals surface area (Å²) in [7, 11) is 0. The average molecular weight is 268 g/mol. The molecule has 1 aliphatic rings. The van der Waals surface area contributed by atoms with Crippen molar-refractivity contribution in [3.05, 3.63) is 11.9 Å². The Labute approximate surface area is 113 Å². The maximum absolute atomic E-state index is 9.36. The Morgan fingerprint density at radius 3 is 2.95 bits per heavy atom. The van der Waals surface area contributed by atoms with Crippen molar-refractivity contribution in [3.63, 3.8) is 0 Å². The number of aromatic nitrogens is 3. The molecule has 3 N–H and O–H groups in total. The summed E-state index contributed by atoms with van der Waals surface area (Å²) in [6.07, 6.45) is 7.31. The molecule has 0 bridgehead atoms. The molecule has 0 spiro atoms. The van der Waals surface area contributed by atoms with Crippen molar-refractivity contribution >= 4 is 0 Å². The maximum atomic E-state index is 9.36. The quantitative estimate of drug-likeness (QED) is 0.662. The van der Waals surface area contributed by atoms with Crippen LogP contribution in [0.1, 0.15) is 37.8 Å². The highest BCUT2D eigenvalue weighted by Crippen LogP contribution is 2.24. The Morgan fingerprint density at radius 2 is 2.16 bits per heavy atom. The lowest BCUT2D eigenvalue weighted by Crippen LogP contribution is -2.39. The molecule has 0 aliphatic heterocycles. The third kappa shape index (κ3) is 4.26. The van der Waals surface area contributed by atoms with Gasteiger partial charge in [0, 0.05) is 38.5 Å². The Kier molecular flexibility index (Phi) is 5.75. The van der Waals surface area contributed by atoms with E-state index in [9.17, 15) is 5.11 Å². The van der Waals surface area contributed by atoms with E-state index in [-0.39, 0.29) is 13.2 Å². The molecule has 0 saturated heterocycles. The molecule has 2 unspecified atom stereocenters. The summed E-state index contributed by atoms with van der Waals surface area (Å²) in [5, 5.41) is 29.7. The van der Waals surface area contributed by atoms with Gasteiger partial charge in [-0.05, 0) is 25.2 Å². The number of nitrogens with zero attached hydrogens (tertiary/aromatic N) is 3. The summed E-state index contributed by atoms with van der Waals surface area (Å²) in [6, 6.07) is 0.390. The predicted octanol–water partition coefficient (Wildman–Crippen LogP) is 0.301. The second-order valence-corrected chi connectivity index (χ2v) is 5.26. The number of aliphatic hydroxyl groups is 2. The molecular formula is C13H24N4O2. The molecule has 6 heteroatoms. The lowest BCUT2D eigenvalue weighted by molar-refractivity contribution is 0.152. The van der Waals surface area contributed by atoms with Crippen LogP contribution in [0.3, 0.4) is 0 Å². The molecule has 2 atom stereocenters. The van der Waals surface area contributed by atoms with Gasteiger partial charge in [0.05, 0.1) is 5.69 Å². The smallest absolute Gasteiger partial charge is 0.0964 e. The summed E-state index contributed by atoms with van der Waals surface area (Å²) in [4.78, 5) is 0. The first-order chi connectivity index (χ1) is 9.33. The van der Waals surface area contributed by atoms with Crippen LogP contribution in [-0.2, 0) is 13.1 Å². The van der Waals surface area contributed by atoms with Crippen molar-refractivity contribution < 1.29 is 10.2 Å². The van der Waals surface area contributed by atoms with Gasteiger partial charge in [0.2, 0.25) is 0 Å². The second-order valence-electron chi connectivity index (χ2n) is 5.26. The van der Waals surface area contributed by atoms with E-state index in [0.717, 1.165) is 18.5 Å². The topological polar surface area (TPSA) is 83.2 Å². The highest BCUT2D eigenvalue weighted by atomic mass is 16.3. The lowest BCUT2D eigenvalue weighted by atomic mass is 9.85. The van der Waals surface area contributed by atoms with Gasteiger partial charge in [-0.3, -0.25) is 4.68 Å². The molecule has 19 heavy (non-hydrogen) atoms. The van der Waals surface area contributed by atoms with Crippen LogP contribution >= 0.6 is 0 Å². The summed E-state index contributed by atoms with van der Waals surface area (Å²) in [5.41, 5.74) is 0.917. The van der Waals surface area contributed by atoms with Crippen LogP contribution in [0.25, 0.3) is 0 Å². The van der Waals surface area contributed by atoms with Crippen LogP contribution in [0.2, 0.25) is 0 Å². The Bertz CT molecular complexity index is 369. The average Bonchev–Trinajstić information content (AvgIpc) is 2.91. The van der Waals surface area contributed by atoms with Gasteiger partial charge in [0.15, 0.2) is 0 Å². The highest BCUT2D eigenvalue weighted by Gasteiger charge is 2.23. The van der Waals surface area contributed by atoms with Crippen LogP contribution in [-0.4, -0.2) is 44.5 Å². The number of nitrogens with one attached hydrogen (secondary N) is 1. The van der Waals surface area contributed by atoms with Crippen molar-refractivity contribution in [2.45, 2.75) is 51.2 Å². The molecule has 1 aromatic rings. The standard InChI is InChI=1S/C13H24N4O2/c18-7-3-6-17-9-12(15-16-17)8-14-13-5-2-1-4-11(13)10-19/h9,11,13-14,18-19H,1-8,10H2. The van der Waals surface area contributed by atoms with Gasteiger partial charge in [-0.2, -0.15) is 0 Å². The monoisotopic (exact) mass is 268 g/mol. The molecule has 0 aromatic carbocycles. The maximum Gasteiger partial charge on any atom is 0.0964 e. The SMILES string of the molecule is OCCCn1cc(CNC2CCCCC2CO)nn1. The fraction of sp³-hybridized carbons (Fsp3) is 0.846. The van der Waals surface area contributed by atoms with Crippen molar-refractivity contribution in [1.29, 1.82) is 0 Å². The largest absolute Gasteiger partial charge is 0.396 e. The molecule has 108 valence electrons. The molecular weight excluding hydrogens is 244 g/mol. The number of hydrogen-bond donors (Lipinski definition) is 3. The molecule has 2 rings (SSSR count). The molecule has 1 aromatic heterocycles. The summed E-state index contributed by atoms with van der Waals surface area (Å²) >= 11 is 0. The summed E-state index contributed by atoms with van der Waals surface area (Å²) < 4.78 is 1.76. The molecule has 1 heterocycles. The Hall–Kier alpha value is -0.980. The normalized spacial score (nSPS) is 23.7. The van der Waals surface area contributed by atoms with Gasteiger partial charge in [-0.15, -0.1) is 5.10 Å². The van der Waals surface area contributed by atoms with Crippen LogP contribution in [0.5, 0.6) is 0 Å². The van der Waals surface area contributed by atoms with Gasteiger partial charge in [0.1, 0.15) is 0 Å². The van der Waals surface area contributed by atoms with Gasteiger partial charge in [-0.1, -0.05) is 18.1 Å². The van der Waals surface area contributed by atoms with Crippen molar-refractivity contribution in [2.75, 3.05) is 13.2 Å². The third-order valence-corrected chi connectivity index (χ3v) is 3.82. The van der Waals surface area contributed by atoms with Gasteiger partial charge in [0.25, 0.3) is 0 Å². The van der Waals surface area contributed by atoms with Gasteiger partial charge >= 0.3 is 0 Å². The molecule has 0 amide bonds. The van der Waals surface area contributed by atoms with Crippen LogP contribution in [0.4, 0.5) is 0 Å². The minimum atomic E-state index is 0.174. The highest BCUT2D eigenvalue weighted by molar-refractivity contribution is 4.93. The zero-order chi connectivity index (χ0) is 13.5. The minimum absolute atomic E-state index is 0.174. The van der Waals surface area contributed by atoms with Crippen molar-refractivity contribution in [2.24, 2.45) is 5.92 Å². The second kappa shape index (κ2) is 7.57. The first kappa shape index (κ1) is 14.4. The number of aryl methyl sites for hydroxylation is 1. The molecule has 1 saturated carbocycles. The van der Waals surface area contributed by atoms with E-state index in [4.69, 9.17) is 5.11 Å². The summed E-state index contributed by atoms with van der Waals surface area (Å²) in [6.45, 7) is 1.83. The van der Waals surface area contributed by atoms with E-state index in [1.54, 1.807) is 4.68 Å². The minimum Gasteiger partial charge on any atom is -0.396 e.